The van der Waals surface area contributed by atoms with Crippen molar-refractivity contribution >= 4 is 29.2 Å². The Hall–Kier alpha value is -1.75. The molecule has 0 aromatic heterocycles. The van der Waals surface area contributed by atoms with Gasteiger partial charge in [0.25, 0.3) is 0 Å². The number of urea groups is 1. The number of rotatable bonds is 1. The van der Waals surface area contributed by atoms with E-state index in [2.05, 4.69) is 10.6 Å². The third kappa shape index (κ3) is 3.37. The minimum Gasteiger partial charge on any atom is -0.354 e. The number of hydrogen-bond acceptors (Lipinski definition) is 2. The molecular weight excluding hydrogens is 254 g/mol. The molecule has 6 heteroatoms. The summed E-state index contributed by atoms with van der Waals surface area (Å²) in [6.45, 7) is 1.26. The Balaban J connectivity index is 2.00. The number of nitrogens with one attached hydrogen (secondary N) is 2. The quantitative estimate of drug-likeness (QED) is 0.813. The highest BCUT2D eigenvalue weighted by Gasteiger charge is 2.19. The summed E-state index contributed by atoms with van der Waals surface area (Å²) in [5.41, 5.74) is 0.622. The molecule has 0 radical (unpaired) electrons. The van der Waals surface area contributed by atoms with E-state index in [0.29, 0.717) is 23.8 Å². The van der Waals surface area contributed by atoms with E-state index < -0.39 is 0 Å². The van der Waals surface area contributed by atoms with E-state index in [1.807, 2.05) is 0 Å². The van der Waals surface area contributed by atoms with Crippen LogP contribution in [-0.2, 0) is 4.79 Å². The molecule has 0 saturated carbocycles. The van der Waals surface area contributed by atoms with E-state index in [9.17, 15) is 9.59 Å². The van der Waals surface area contributed by atoms with Gasteiger partial charge in [-0.25, -0.2) is 4.79 Å². The number of benzene rings is 1. The average Bonchev–Trinajstić information content (AvgIpc) is 2.54. The molecule has 1 heterocycles. The van der Waals surface area contributed by atoms with Crippen molar-refractivity contribution < 1.29 is 9.59 Å². The van der Waals surface area contributed by atoms with Gasteiger partial charge in [0.2, 0.25) is 5.91 Å². The van der Waals surface area contributed by atoms with Crippen molar-refractivity contribution in [3.8, 4) is 0 Å². The van der Waals surface area contributed by atoms with Crippen LogP contribution in [0.25, 0.3) is 0 Å². The maximum atomic E-state index is 12.0. The normalized spacial score (nSPS) is 15.8. The molecule has 1 fully saturated rings. The van der Waals surface area contributed by atoms with Gasteiger partial charge < -0.3 is 15.5 Å². The molecule has 1 aliphatic rings. The summed E-state index contributed by atoms with van der Waals surface area (Å²) in [5.74, 6) is -0.131. The van der Waals surface area contributed by atoms with Crippen LogP contribution in [0, 0.1) is 0 Å². The van der Waals surface area contributed by atoms with Crippen molar-refractivity contribution in [2.24, 2.45) is 0 Å². The SMILES string of the molecule is O=C1CN(C(=O)Nc2cccc(Cl)c2)CCCN1. The molecule has 1 saturated heterocycles. The lowest BCUT2D eigenvalue weighted by molar-refractivity contribution is -0.120. The second kappa shape index (κ2) is 5.73. The summed E-state index contributed by atoms with van der Waals surface area (Å²) in [5, 5.41) is 6.00. The van der Waals surface area contributed by atoms with Crippen LogP contribution >= 0.6 is 11.6 Å². The number of halogens is 1. The predicted octanol–water partition coefficient (Wildman–Crippen LogP) is 1.69. The number of hydrogen-bond donors (Lipinski definition) is 2. The van der Waals surface area contributed by atoms with Crippen molar-refractivity contribution in [1.82, 2.24) is 10.2 Å². The molecule has 0 bridgehead atoms. The Morgan fingerprint density at radius 1 is 1.44 bits per heavy atom. The summed E-state index contributed by atoms with van der Waals surface area (Å²) in [4.78, 5) is 24.8. The van der Waals surface area contributed by atoms with Gasteiger partial charge in [-0.1, -0.05) is 17.7 Å². The third-order valence-corrected chi connectivity index (χ3v) is 2.86. The fourth-order valence-corrected chi connectivity index (χ4v) is 1.94. The highest BCUT2D eigenvalue weighted by atomic mass is 35.5. The molecule has 1 aromatic carbocycles. The minimum absolute atomic E-state index is 0.0897. The van der Waals surface area contributed by atoms with E-state index in [4.69, 9.17) is 11.6 Å². The number of anilines is 1. The first-order valence-electron chi connectivity index (χ1n) is 5.73. The lowest BCUT2D eigenvalue weighted by atomic mass is 10.3. The molecule has 2 rings (SSSR count). The Kier molecular flexibility index (Phi) is 4.04. The molecule has 0 aliphatic carbocycles. The molecule has 96 valence electrons. The lowest BCUT2D eigenvalue weighted by Gasteiger charge is -2.19. The fraction of sp³-hybridized carbons (Fsp3) is 0.333. The molecule has 0 unspecified atom stereocenters. The largest absolute Gasteiger partial charge is 0.354 e. The molecule has 18 heavy (non-hydrogen) atoms. The molecule has 5 nitrogen and oxygen atoms in total. The Bertz CT molecular complexity index is 464. The second-order valence-corrected chi connectivity index (χ2v) is 4.50. The van der Waals surface area contributed by atoms with Crippen LogP contribution in [-0.4, -0.2) is 36.5 Å². The number of carbonyl (C=O) groups is 2. The summed E-state index contributed by atoms with van der Waals surface area (Å²) < 4.78 is 0. The molecule has 3 amide bonds. The molecule has 0 spiro atoms. The van der Waals surface area contributed by atoms with Crippen LogP contribution < -0.4 is 10.6 Å². The Morgan fingerprint density at radius 3 is 3.06 bits per heavy atom. The second-order valence-electron chi connectivity index (χ2n) is 4.07. The smallest absolute Gasteiger partial charge is 0.322 e. The van der Waals surface area contributed by atoms with Crippen LogP contribution in [0.15, 0.2) is 24.3 Å². The highest BCUT2D eigenvalue weighted by molar-refractivity contribution is 6.30. The molecular formula is C12H14ClN3O2. The van der Waals surface area contributed by atoms with E-state index >= 15 is 0 Å². The first-order valence-corrected chi connectivity index (χ1v) is 6.11. The van der Waals surface area contributed by atoms with Gasteiger partial charge in [-0.3, -0.25) is 4.79 Å². The Labute approximate surface area is 110 Å². The van der Waals surface area contributed by atoms with Crippen molar-refractivity contribution in [2.75, 3.05) is 25.0 Å². The molecule has 1 aromatic rings. The zero-order valence-electron chi connectivity index (χ0n) is 9.78. The zero-order chi connectivity index (χ0) is 13.0. The third-order valence-electron chi connectivity index (χ3n) is 2.62. The standard InChI is InChI=1S/C12H14ClN3O2/c13-9-3-1-4-10(7-9)15-12(18)16-6-2-5-14-11(17)8-16/h1,3-4,7H,2,5-6,8H2,(H,14,17)(H,15,18). The van der Waals surface area contributed by atoms with Crippen molar-refractivity contribution in [3.05, 3.63) is 29.3 Å². The topological polar surface area (TPSA) is 61.4 Å². The van der Waals surface area contributed by atoms with Gasteiger partial charge in [0.1, 0.15) is 6.54 Å². The van der Waals surface area contributed by atoms with Gasteiger partial charge >= 0.3 is 6.03 Å². The van der Waals surface area contributed by atoms with Gasteiger partial charge in [-0.2, -0.15) is 0 Å². The summed E-state index contributed by atoms with van der Waals surface area (Å²) in [7, 11) is 0. The molecule has 2 N–H and O–H groups in total. The van der Waals surface area contributed by atoms with Crippen LogP contribution in [0.3, 0.4) is 0 Å². The van der Waals surface area contributed by atoms with Crippen molar-refractivity contribution in [1.29, 1.82) is 0 Å². The number of amides is 3. The minimum atomic E-state index is -0.283. The van der Waals surface area contributed by atoms with Crippen LogP contribution in [0.5, 0.6) is 0 Å². The van der Waals surface area contributed by atoms with E-state index in [-0.39, 0.29) is 18.5 Å². The van der Waals surface area contributed by atoms with Gasteiger partial charge in [0.05, 0.1) is 0 Å². The number of carbonyl (C=O) groups excluding carboxylic acids is 2. The van der Waals surface area contributed by atoms with Crippen LogP contribution in [0.2, 0.25) is 5.02 Å². The first kappa shape index (κ1) is 12.7. The van der Waals surface area contributed by atoms with Crippen LogP contribution in [0.1, 0.15) is 6.42 Å². The first-order chi connectivity index (χ1) is 8.65. The maximum absolute atomic E-state index is 12.0. The predicted molar refractivity (Wildman–Crippen MR) is 69.7 cm³/mol. The summed E-state index contributed by atoms with van der Waals surface area (Å²) in [6.07, 6.45) is 0.759. The highest BCUT2D eigenvalue weighted by Crippen LogP contribution is 2.15. The van der Waals surface area contributed by atoms with Crippen molar-refractivity contribution in [3.63, 3.8) is 0 Å². The van der Waals surface area contributed by atoms with E-state index in [1.54, 1.807) is 24.3 Å². The van der Waals surface area contributed by atoms with Gasteiger partial charge in [-0.15, -0.1) is 0 Å². The monoisotopic (exact) mass is 267 g/mol. The van der Waals surface area contributed by atoms with E-state index in [1.165, 1.54) is 4.90 Å². The molecule has 1 aliphatic heterocycles. The van der Waals surface area contributed by atoms with Crippen molar-refractivity contribution in [2.45, 2.75) is 6.42 Å². The zero-order valence-corrected chi connectivity index (χ0v) is 10.5. The van der Waals surface area contributed by atoms with Gasteiger partial charge in [0.15, 0.2) is 0 Å². The van der Waals surface area contributed by atoms with Gasteiger partial charge in [0, 0.05) is 23.8 Å². The summed E-state index contributed by atoms with van der Waals surface area (Å²) >= 11 is 5.83. The number of nitrogens with zero attached hydrogens (tertiary/aromatic N) is 1. The fourth-order valence-electron chi connectivity index (χ4n) is 1.75. The lowest BCUT2D eigenvalue weighted by Crippen LogP contribution is -2.39. The summed E-state index contributed by atoms with van der Waals surface area (Å²) in [6, 6.07) is 6.62. The van der Waals surface area contributed by atoms with Crippen LogP contribution in [0.4, 0.5) is 10.5 Å². The average molecular weight is 268 g/mol. The van der Waals surface area contributed by atoms with Gasteiger partial charge in [-0.05, 0) is 24.6 Å². The maximum Gasteiger partial charge on any atom is 0.322 e. The molecule has 0 atom stereocenters. The van der Waals surface area contributed by atoms with E-state index in [0.717, 1.165) is 6.42 Å². The Morgan fingerprint density at radius 2 is 2.28 bits per heavy atom.